The highest BCUT2D eigenvalue weighted by Crippen LogP contribution is 2.38. The molecule has 1 aliphatic rings. The summed E-state index contributed by atoms with van der Waals surface area (Å²) in [6, 6.07) is 0.965. The first-order valence-electron chi connectivity index (χ1n) is 9.85. The Morgan fingerprint density at radius 3 is 2.07 bits per heavy atom. The van der Waals surface area contributed by atoms with Crippen molar-refractivity contribution in [3.05, 3.63) is 41.5 Å². The first-order valence-corrected chi connectivity index (χ1v) is 9.85. The minimum absolute atomic E-state index is 0.214. The van der Waals surface area contributed by atoms with E-state index in [-0.39, 0.29) is 11.5 Å². The van der Waals surface area contributed by atoms with Crippen LogP contribution in [0, 0.1) is 23.5 Å². The molecule has 0 saturated heterocycles. The number of ether oxygens (including phenoxy) is 2. The number of alkyl halides is 5. The van der Waals surface area contributed by atoms with Gasteiger partial charge in [-0.25, -0.2) is 8.78 Å². The van der Waals surface area contributed by atoms with E-state index in [9.17, 15) is 30.7 Å². The number of hydrogen-bond acceptors (Lipinski definition) is 2. The number of halogens is 7. The van der Waals surface area contributed by atoms with Gasteiger partial charge in [0.15, 0.2) is 11.6 Å². The lowest BCUT2D eigenvalue weighted by molar-refractivity contribution is -0.276. The van der Waals surface area contributed by atoms with Crippen LogP contribution in [0.4, 0.5) is 30.7 Å². The monoisotopic (exact) mass is 442 g/mol. The minimum Gasteiger partial charge on any atom is -0.399 e. The number of benzene rings is 1. The fourth-order valence-corrected chi connectivity index (χ4v) is 3.72. The molecule has 30 heavy (non-hydrogen) atoms. The Balaban J connectivity index is 1.85. The van der Waals surface area contributed by atoms with Crippen molar-refractivity contribution in [1.29, 1.82) is 0 Å². The highest BCUT2D eigenvalue weighted by Gasteiger charge is 2.36. The molecule has 0 amide bonds. The topological polar surface area (TPSA) is 18.5 Å². The van der Waals surface area contributed by atoms with Crippen LogP contribution in [0.3, 0.4) is 0 Å². The van der Waals surface area contributed by atoms with Crippen molar-refractivity contribution in [2.45, 2.75) is 70.9 Å². The maximum atomic E-state index is 14.2. The van der Waals surface area contributed by atoms with Gasteiger partial charge in [0.2, 0.25) is 5.75 Å². The van der Waals surface area contributed by atoms with Crippen molar-refractivity contribution >= 4 is 0 Å². The van der Waals surface area contributed by atoms with Gasteiger partial charge in [-0.15, -0.1) is 13.2 Å². The third kappa shape index (κ3) is 8.16. The van der Waals surface area contributed by atoms with Crippen molar-refractivity contribution in [1.82, 2.24) is 0 Å². The predicted octanol–water partition coefficient (Wildman–Crippen LogP) is 7.53. The Labute approximate surface area is 171 Å². The van der Waals surface area contributed by atoms with Gasteiger partial charge in [-0.05, 0) is 62.1 Å². The normalized spacial score (nSPS) is 20.7. The lowest BCUT2D eigenvalue weighted by atomic mass is 9.78. The smallest absolute Gasteiger partial charge is 0.399 e. The molecule has 0 radical (unpaired) electrons. The second-order valence-corrected chi connectivity index (χ2v) is 7.60. The molecule has 0 aliphatic heterocycles. The highest BCUT2D eigenvalue weighted by molar-refractivity contribution is 5.31. The summed E-state index contributed by atoms with van der Waals surface area (Å²) in [6.07, 6.45) is -0.146. The summed E-state index contributed by atoms with van der Waals surface area (Å²) in [7, 11) is 0. The molecule has 0 heterocycles. The quantitative estimate of drug-likeness (QED) is 0.291. The largest absolute Gasteiger partial charge is 0.573 e. The van der Waals surface area contributed by atoms with Gasteiger partial charge < -0.3 is 9.47 Å². The Kier molecular flexibility index (Phi) is 8.58. The Bertz CT molecular complexity index is 685. The first kappa shape index (κ1) is 24.5. The van der Waals surface area contributed by atoms with E-state index in [2.05, 4.69) is 15.5 Å². The van der Waals surface area contributed by atoms with Crippen LogP contribution in [-0.4, -0.2) is 12.5 Å². The Morgan fingerprint density at radius 2 is 1.53 bits per heavy atom. The fourth-order valence-electron chi connectivity index (χ4n) is 3.72. The predicted molar refractivity (Wildman–Crippen MR) is 96.9 cm³/mol. The molecule has 9 heteroatoms. The van der Waals surface area contributed by atoms with Crippen molar-refractivity contribution in [3.8, 4) is 5.75 Å². The molecular formula is C21H25F7O2. The summed E-state index contributed by atoms with van der Waals surface area (Å²) >= 11 is 0. The van der Waals surface area contributed by atoms with Gasteiger partial charge in [-0.2, -0.15) is 8.78 Å². The van der Waals surface area contributed by atoms with Crippen LogP contribution in [0.2, 0.25) is 0 Å². The van der Waals surface area contributed by atoms with Gasteiger partial charge >= 0.3 is 12.5 Å². The van der Waals surface area contributed by atoms with Gasteiger partial charge in [0, 0.05) is 6.42 Å². The molecule has 0 aromatic heterocycles. The highest BCUT2D eigenvalue weighted by atomic mass is 19.4. The van der Waals surface area contributed by atoms with Crippen LogP contribution in [0.15, 0.2) is 24.3 Å². The molecule has 0 N–H and O–H groups in total. The summed E-state index contributed by atoms with van der Waals surface area (Å²) in [6.45, 7) is 1.11. The van der Waals surface area contributed by atoms with Crippen molar-refractivity contribution < 1.29 is 40.2 Å². The first-order chi connectivity index (χ1) is 14.0. The van der Waals surface area contributed by atoms with Gasteiger partial charge in [0.25, 0.3) is 0 Å². The second-order valence-electron chi connectivity index (χ2n) is 7.60. The number of allylic oxidation sites excluding steroid dienone is 2. The van der Waals surface area contributed by atoms with E-state index in [1.54, 1.807) is 0 Å². The molecule has 0 atom stereocenters. The zero-order valence-corrected chi connectivity index (χ0v) is 16.6. The SMILES string of the molecule is CC=CCCC1CCC(CC(F)(F)OCc2cc(F)c(OC(F)(F)F)c(F)c2)CC1. The van der Waals surface area contributed by atoms with Gasteiger partial charge in [-0.1, -0.05) is 25.0 Å². The summed E-state index contributed by atoms with van der Waals surface area (Å²) < 4.78 is 99.9. The van der Waals surface area contributed by atoms with E-state index in [0.717, 1.165) is 25.7 Å². The fraction of sp³-hybridized carbons (Fsp3) is 0.619. The number of hydrogen-bond donors (Lipinski definition) is 0. The average Bonchev–Trinajstić information content (AvgIpc) is 2.64. The van der Waals surface area contributed by atoms with Crippen LogP contribution in [0.1, 0.15) is 57.4 Å². The van der Waals surface area contributed by atoms with Crippen molar-refractivity contribution in [3.63, 3.8) is 0 Å². The van der Waals surface area contributed by atoms with E-state index in [0.29, 0.717) is 30.9 Å². The molecule has 1 fully saturated rings. The second kappa shape index (κ2) is 10.5. The van der Waals surface area contributed by atoms with E-state index < -0.39 is 42.9 Å². The van der Waals surface area contributed by atoms with E-state index in [1.807, 2.05) is 13.0 Å². The third-order valence-corrected chi connectivity index (χ3v) is 5.20. The summed E-state index contributed by atoms with van der Waals surface area (Å²) in [4.78, 5) is 0. The molecule has 2 rings (SSSR count). The maximum absolute atomic E-state index is 14.2. The maximum Gasteiger partial charge on any atom is 0.573 e. The molecule has 0 bridgehead atoms. The molecule has 1 aromatic rings. The lowest BCUT2D eigenvalue weighted by Gasteiger charge is -2.30. The zero-order chi connectivity index (χ0) is 22.4. The lowest BCUT2D eigenvalue weighted by Crippen LogP contribution is -2.27. The molecule has 170 valence electrons. The third-order valence-electron chi connectivity index (χ3n) is 5.20. The molecule has 1 saturated carbocycles. The number of rotatable bonds is 9. The Hall–Kier alpha value is -1.77. The summed E-state index contributed by atoms with van der Waals surface area (Å²) in [5.41, 5.74) is -0.355. The van der Waals surface area contributed by atoms with Crippen LogP contribution in [0.25, 0.3) is 0 Å². The standard InChI is InChI=1S/C21H25F7O2/c1-2-3-4-5-14-6-8-15(9-7-14)12-20(24,25)29-13-16-10-17(22)19(18(23)11-16)30-21(26,27)28/h2-3,10-11,14-15H,4-9,12-13H2,1H3. The average molecular weight is 442 g/mol. The van der Waals surface area contributed by atoms with E-state index >= 15 is 0 Å². The van der Waals surface area contributed by atoms with E-state index in [4.69, 9.17) is 0 Å². The molecular weight excluding hydrogens is 417 g/mol. The minimum atomic E-state index is -5.28. The molecule has 0 unspecified atom stereocenters. The van der Waals surface area contributed by atoms with E-state index in [1.165, 1.54) is 0 Å². The van der Waals surface area contributed by atoms with Crippen LogP contribution >= 0.6 is 0 Å². The molecule has 0 spiro atoms. The molecule has 1 aliphatic carbocycles. The van der Waals surface area contributed by atoms with Crippen molar-refractivity contribution in [2.24, 2.45) is 11.8 Å². The van der Waals surface area contributed by atoms with Gasteiger partial charge in [0.1, 0.15) is 0 Å². The Morgan fingerprint density at radius 1 is 0.967 bits per heavy atom. The summed E-state index contributed by atoms with van der Waals surface area (Å²) in [5.74, 6) is -4.62. The van der Waals surface area contributed by atoms with Crippen LogP contribution < -0.4 is 4.74 Å². The van der Waals surface area contributed by atoms with Crippen LogP contribution in [0.5, 0.6) is 5.75 Å². The zero-order valence-electron chi connectivity index (χ0n) is 16.6. The van der Waals surface area contributed by atoms with Crippen LogP contribution in [-0.2, 0) is 11.3 Å². The van der Waals surface area contributed by atoms with Gasteiger partial charge in [-0.3, -0.25) is 0 Å². The van der Waals surface area contributed by atoms with Crippen molar-refractivity contribution in [2.75, 3.05) is 0 Å². The summed E-state index contributed by atoms with van der Waals surface area (Å²) in [5, 5.41) is 0. The van der Waals surface area contributed by atoms with Gasteiger partial charge in [0.05, 0.1) is 6.61 Å². The molecule has 1 aromatic carbocycles. The molecule has 2 nitrogen and oxygen atoms in total.